The number of nitrogens with one attached hydrogen (secondary N) is 1. The van der Waals surface area contributed by atoms with E-state index in [9.17, 15) is 4.79 Å². The molecule has 156 valence electrons. The first-order valence-corrected chi connectivity index (χ1v) is 11.3. The summed E-state index contributed by atoms with van der Waals surface area (Å²) in [4.78, 5) is 15.0. The van der Waals surface area contributed by atoms with Crippen molar-refractivity contribution >= 4 is 34.2 Å². The Morgan fingerprint density at radius 3 is 2.76 bits per heavy atom. The molecule has 3 fully saturated rings. The topological polar surface area (TPSA) is 59.4 Å². The fourth-order valence-corrected chi connectivity index (χ4v) is 4.95. The molecule has 6 nitrogen and oxygen atoms in total. The van der Waals surface area contributed by atoms with Gasteiger partial charge in [0, 0.05) is 30.1 Å². The van der Waals surface area contributed by atoms with E-state index in [4.69, 9.17) is 21.4 Å². The number of carbonyl (C=O) groups is 1. The average molecular weight is 417 g/mol. The summed E-state index contributed by atoms with van der Waals surface area (Å²) < 4.78 is 7.90. The van der Waals surface area contributed by atoms with E-state index in [1.807, 2.05) is 34.7 Å². The van der Waals surface area contributed by atoms with Crippen LogP contribution in [0.3, 0.4) is 0 Å². The highest BCUT2D eigenvalue weighted by atomic mass is 35.5. The number of halogens is 1. The van der Waals surface area contributed by atoms with Crippen molar-refractivity contribution in [1.82, 2.24) is 14.7 Å². The summed E-state index contributed by atoms with van der Waals surface area (Å²) in [6, 6.07) is 5.45. The van der Waals surface area contributed by atoms with Crippen LogP contribution < -0.4 is 5.32 Å². The molecule has 7 heteroatoms. The minimum absolute atomic E-state index is 0.0641. The van der Waals surface area contributed by atoms with Crippen molar-refractivity contribution < 1.29 is 9.53 Å². The van der Waals surface area contributed by atoms with Crippen LogP contribution >= 0.6 is 11.6 Å². The van der Waals surface area contributed by atoms with Crippen LogP contribution in [-0.4, -0.2) is 46.3 Å². The minimum atomic E-state index is -0.332. The van der Waals surface area contributed by atoms with Gasteiger partial charge >= 0.3 is 0 Å². The second-order valence-electron chi connectivity index (χ2n) is 8.97. The van der Waals surface area contributed by atoms with E-state index in [-0.39, 0.29) is 18.2 Å². The first-order valence-electron chi connectivity index (χ1n) is 10.9. The molecular weight excluding hydrogens is 388 g/mol. The number of piperidine rings is 1. The highest BCUT2D eigenvalue weighted by molar-refractivity contribution is 6.31. The number of hydrogen-bond acceptors (Lipinski definition) is 4. The summed E-state index contributed by atoms with van der Waals surface area (Å²) in [5.74, 6) is 0.854. The van der Waals surface area contributed by atoms with Crippen molar-refractivity contribution in [3.63, 3.8) is 0 Å². The highest BCUT2D eigenvalue weighted by Gasteiger charge is 2.45. The Hall–Kier alpha value is -1.79. The van der Waals surface area contributed by atoms with Gasteiger partial charge in [0.2, 0.25) is 5.91 Å². The van der Waals surface area contributed by atoms with E-state index in [2.05, 4.69) is 5.32 Å². The van der Waals surface area contributed by atoms with Crippen LogP contribution in [0.1, 0.15) is 58.1 Å². The van der Waals surface area contributed by atoms with Crippen LogP contribution in [-0.2, 0) is 9.53 Å². The third kappa shape index (κ3) is 3.73. The van der Waals surface area contributed by atoms with Gasteiger partial charge in [-0.05, 0) is 75.5 Å². The quantitative estimate of drug-likeness (QED) is 0.791. The van der Waals surface area contributed by atoms with Crippen molar-refractivity contribution in [1.29, 1.82) is 0 Å². The molecule has 2 saturated heterocycles. The molecule has 1 aromatic carbocycles. The van der Waals surface area contributed by atoms with Gasteiger partial charge in [0.05, 0.1) is 5.52 Å². The Morgan fingerprint density at radius 1 is 1.28 bits per heavy atom. The number of fused-ring (bicyclic) bond motifs is 1. The van der Waals surface area contributed by atoms with Gasteiger partial charge in [-0.2, -0.15) is 5.10 Å². The maximum Gasteiger partial charge on any atom is 0.244 e. The van der Waals surface area contributed by atoms with E-state index in [1.54, 1.807) is 0 Å². The number of hydrogen-bond donors (Lipinski definition) is 1. The van der Waals surface area contributed by atoms with Gasteiger partial charge in [-0.3, -0.25) is 4.79 Å². The van der Waals surface area contributed by atoms with E-state index >= 15 is 0 Å². The second-order valence-corrected chi connectivity index (χ2v) is 9.40. The molecule has 0 radical (unpaired) electrons. The zero-order valence-electron chi connectivity index (χ0n) is 17.0. The van der Waals surface area contributed by atoms with Gasteiger partial charge in [0.15, 0.2) is 12.0 Å². The van der Waals surface area contributed by atoms with Gasteiger partial charge in [-0.15, -0.1) is 0 Å². The Labute approximate surface area is 176 Å². The summed E-state index contributed by atoms with van der Waals surface area (Å²) >= 11 is 6.27. The molecule has 0 bridgehead atoms. The molecule has 5 rings (SSSR count). The van der Waals surface area contributed by atoms with Crippen LogP contribution in [0.15, 0.2) is 18.2 Å². The maximum absolute atomic E-state index is 13.0. The van der Waals surface area contributed by atoms with Gasteiger partial charge in [0.1, 0.15) is 6.04 Å². The zero-order valence-corrected chi connectivity index (χ0v) is 17.7. The first kappa shape index (κ1) is 19.2. The van der Waals surface area contributed by atoms with Crippen LogP contribution in [0.25, 0.3) is 10.9 Å². The smallest absolute Gasteiger partial charge is 0.244 e. The molecule has 29 heavy (non-hydrogen) atoms. The van der Waals surface area contributed by atoms with Gasteiger partial charge in [0.25, 0.3) is 0 Å². The minimum Gasteiger partial charge on any atom is -0.357 e. The normalized spacial score (nSPS) is 24.6. The van der Waals surface area contributed by atoms with E-state index in [0.717, 1.165) is 62.7 Å². The molecule has 2 atom stereocenters. The number of aromatic nitrogens is 2. The van der Waals surface area contributed by atoms with Crippen molar-refractivity contribution in [3.8, 4) is 0 Å². The van der Waals surface area contributed by atoms with E-state index in [1.165, 1.54) is 12.8 Å². The third-order valence-corrected chi connectivity index (χ3v) is 7.15. The van der Waals surface area contributed by atoms with Crippen LogP contribution in [0.4, 0.5) is 5.82 Å². The summed E-state index contributed by atoms with van der Waals surface area (Å²) in [6.45, 7) is 4.44. The standard InChI is InChI=1S/C22H29ClN4O2/c1-15(21(28)26-11-9-22(7-8-22)10-12-26)24-20-17-14-16(23)5-6-18(17)27(25-20)19-4-2-3-13-29-19/h5-6,14-15,19H,2-4,7-13H2,1H3,(H,24,25)/t15-,19?/m1/s1. The summed E-state index contributed by atoms with van der Waals surface area (Å²) in [7, 11) is 0. The lowest BCUT2D eigenvalue weighted by atomic mass is 9.93. The molecule has 3 heterocycles. The molecular formula is C22H29ClN4O2. The Balaban J connectivity index is 1.36. The largest absolute Gasteiger partial charge is 0.357 e. The number of ether oxygens (including phenoxy) is 1. The van der Waals surface area contributed by atoms with Gasteiger partial charge in [-0.25, -0.2) is 4.68 Å². The van der Waals surface area contributed by atoms with Crippen molar-refractivity contribution in [2.45, 2.75) is 64.1 Å². The van der Waals surface area contributed by atoms with Crippen LogP contribution in [0.2, 0.25) is 5.02 Å². The molecule has 1 saturated carbocycles. The third-order valence-electron chi connectivity index (χ3n) is 6.91. The lowest BCUT2D eigenvalue weighted by Gasteiger charge is -2.34. The highest BCUT2D eigenvalue weighted by Crippen LogP contribution is 2.53. The predicted octanol–water partition coefficient (Wildman–Crippen LogP) is 4.59. The number of amides is 1. The lowest BCUT2D eigenvalue weighted by molar-refractivity contribution is -0.133. The first-order chi connectivity index (χ1) is 14.0. The zero-order chi connectivity index (χ0) is 20.0. The Bertz CT molecular complexity index is 907. The maximum atomic E-state index is 13.0. The SMILES string of the molecule is C[C@@H](Nc1nn(C2CCCCO2)c2ccc(Cl)cc12)C(=O)N1CCC2(CC1)CC2. The van der Waals surface area contributed by atoms with Crippen LogP contribution in [0, 0.1) is 5.41 Å². The molecule has 1 amide bonds. The number of rotatable bonds is 4. The average Bonchev–Trinajstić information content (AvgIpc) is 3.41. The van der Waals surface area contributed by atoms with Crippen LogP contribution in [0.5, 0.6) is 0 Å². The fourth-order valence-electron chi connectivity index (χ4n) is 4.77. The molecule has 1 N–H and O–H groups in total. The Morgan fingerprint density at radius 2 is 2.07 bits per heavy atom. The van der Waals surface area contributed by atoms with Gasteiger partial charge < -0.3 is 15.0 Å². The summed E-state index contributed by atoms with van der Waals surface area (Å²) in [6.07, 6.45) is 8.10. The Kier molecular flexibility index (Phi) is 4.95. The van der Waals surface area contributed by atoms with Crippen molar-refractivity contribution in [2.75, 3.05) is 25.0 Å². The number of carbonyl (C=O) groups excluding carboxylic acids is 1. The fraction of sp³-hybridized carbons (Fsp3) is 0.636. The summed E-state index contributed by atoms with van der Waals surface area (Å²) in [5, 5.41) is 9.77. The molecule has 1 aliphatic carbocycles. The molecule has 2 aromatic rings. The van der Waals surface area contributed by atoms with Crippen molar-refractivity contribution in [3.05, 3.63) is 23.2 Å². The summed E-state index contributed by atoms with van der Waals surface area (Å²) in [5.41, 5.74) is 1.55. The molecule has 2 aliphatic heterocycles. The molecule has 1 unspecified atom stereocenters. The number of nitrogens with zero attached hydrogens (tertiary/aromatic N) is 3. The monoisotopic (exact) mass is 416 g/mol. The van der Waals surface area contributed by atoms with Crippen molar-refractivity contribution in [2.24, 2.45) is 5.41 Å². The van der Waals surface area contributed by atoms with E-state index in [0.29, 0.717) is 16.3 Å². The number of benzene rings is 1. The molecule has 1 spiro atoms. The molecule has 3 aliphatic rings. The predicted molar refractivity (Wildman–Crippen MR) is 114 cm³/mol. The molecule has 1 aromatic heterocycles. The number of anilines is 1. The second kappa shape index (κ2) is 7.47. The lowest BCUT2D eigenvalue weighted by Crippen LogP contribution is -2.45. The number of likely N-dealkylation sites (tertiary alicyclic amines) is 1. The van der Waals surface area contributed by atoms with E-state index < -0.39 is 0 Å². The van der Waals surface area contributed by atoms with Gasteiger partial charge in [-0.1, -0.05) is 11.6 Å².